The lowest BCUT2D eigenvalue weighted by molar-refractivity contribution is 0.0243. The lowest BCUT2D eigenvalue weighted by atomic mass is 9.95. The van der Waals surface area contributed by atoms with Gasteiger partial charge in [-0.15, -0.1) is 0 Å². The largest absolute Gasteiger partial charge is 0.379 e. The Morgan fingerprint density at radius 3 is 2.41 bits per heavy atom. The highest BCUT2D eigenvalue weighted by Gasteiger charge is 2.28. The molecule has 0 bridgehead atoms. The topological polar surface area (TPSA) is 101 Å². The van der Waals surface area contributed by atoms with Crippen LogP contribution in [-0.4, -0.2) is 76.2 Å². The van der Waals surface area contributed by atoms with Crippen LogP contribution in [0.25, 0.3) is 11.0 Å². The van der Waals surface area contributed by atoms with E-state index in [0.29, 0.717) is 42.5 Å². The Hall–Kier alpha value is -2.52. The average molecular weight is 472 g/mol. The van der Waals surface area contributed by atoms with E-state index >= 15 is 0 Å². The normalized spacial score (nSPS) is 18.4. The molecule has 0 spiro atoms. The summed E-state index contributed by atoms with van der Waals surface area (Å²) in [7, 11) is 0. The number of carbonyl (C=O) groups is 1. The van der Waals surface area contributed by atoms with Gasteiger partial charge in [0.2, 0.25) is 0 Å². The third kappa shape index (κ3) is 5.25. The number of hydrogen-bond acceptors (Lipinski definition) is 6. The number of morpholine rings is 1. The summed E-state index contributed by atoms with van der Waals surface area (Å²) < 4.78 is 6.94. The predicted octanol–water partition coefficient (Wildman–Crippen LogP) is 2.05. The van der Waals surface area contributed by atoms with Gasteiger partial charge in [0.05, 0.1) is 24.2 Å². The van der Waals surface area contributed by atoms with Gasteiger partial charge in [-0.1, -0.05) is 27.7 Å². The number of pyridine rings is 1. The van der Waals surface area contributed by atoms with Crippen molar-refractivity contribution in [1.82, 2.24) is 24.3 Å². The van der Waals surface area contributed by atoms with Crippen molar-refractivity contribution in [2.75, 3.05) is 45.9 Å². The van der Waals surface area contributed by atoms with E-state index in [9.17, 15) is 14.4 Å². The van der Waals surface area contributed by atoms with Crippen molar-refractivity contribution >= 4 is 16.9 Å². The molecule has 0 atom stereocenters. The Labute approximate surface area is 200 Å². The molecule has 0 saturated carbocycles. The molecular formula is C25H37N5O4. The van der Waals surface area contributed by atoms with Gasteiger partial charge in [0.1, 0.15) is 0 Å². The molecular weight excluding hydrogens is 434 g/mol. The molecule has 1 amide bonds. The molecule has 2 aliphatic rings. The van der Waals surface area contributed by atoms with Crippen molar-refractivity contribution in [1.29, 1.82) is 0 Å². The average Bonchev–Trinajstić information content (AvgIpc) is 2.81. The van der Waals surface area contributed by atoms with Crippen molar-refractivity contribution in [3.05, 3.63) is 38.2 Å². The number of piperidine rings is 1. The SMILES string of the molecule is CC(C)Cn1c(=O)[nH]c(=O)c2c(C(=O)N3CCC(CN4CCOCC4)CC3)cc(C(C)C)nc21. The molecule has 0 aliphatic carbocycles. The number of rotatable bonds is 6. The smallest absolute Gasteiger partial charge is 0.330 e. The van der Waals surface area contributed by atoms with Crippen molar-refractivity contribution < 1.29 is 9.53 Å². The third-order valence-corrected chi connectivity index (χ3v) is 6.86. The van der Waals surface area contributed by atoms with E-state index in [1.165, 1.54) is 4.57 Å². The summed E-state index contributed by atoms with van der Waals surface area (Å²) in [5.41, 5.74) is 0.328. The molecule has 9 nitrogen and oxygen atoms in total. The minimum atomic E-state index is -0.548. The Balaban J connectivity index is 1.63. The van der Waals surface area contributed by atoms with Crippen molar-refractivity contribution in [2.24, 2.45) is 11.8 Å². The van der Waals surface area contributed by atoms with Crippen molar-refractivity contribution in [2.45, 2.75) is 53.0 Å². The van der Waals surface area contributed by atoms with Gasteiger partial charge < -0.3 is 9.64 Å². The number of H-pyrrole nitrogens is 1. The van der Waals surface area contributed by atoms with Gasteiger partial charge in [-0.3, -0.25) is 24.0 Å². The number of nitrogens with zero attached hydrogens (tertiary/aromatic N) is 4. The van der Waals surface area contributed by atoms with Crippen LogP contribution in [0.4, 0.5) is 0 Å². The number of amides is 1. The number of carbonyl (C=O) groups excluding carboxylic acids is 1. The van der Waals surface area contributed by atoms with Crippen LogP contribution >= 0.6 is 0 Å². The zero-order chi connectivity index (χ0) is 24.4. The van der Waals surface area contributed by atoms with Crippen LogP contribution in [0.2, 0.25) is 0 Å². The Morgan fingerprint density at radius 1 is 1.12 bits per heavy atom. The zero-order valence-corrected chi connectivity index (χ0v) is 20.8. The Bertz CT molecular complexity index is 1140. The van der Waals surface area contributed by atoms with E-state index in [-0.39, 0.29) is 23.1 Å². The van der Waals surface area contributed by atoms with Gasteiger partial charge in [0, 0.05) is 45.0 Å². The molecule has 2 aromatic rings. The van der Waals surface area contributed by atoms with E-state index in [1.807, 2.05) is 32.6 Å². The van der Waals surface area contributed by atoms with E-state index in [0.717, 1.165) is 45.7 Å². The van der Waals surface area contributed by atoms with Crippen LogP contribution in [0, 0.1) is 11.8 Å². The number of likely N-dealkylation sites (tertiary alicyclic amines) is 1. The first kappa shape index (κ1) is 24.6. The maximum absolute atomic E-state index is 13.7. The van der Waals surface area contributed by atoms with Crippen molar-refractivity contribution in [3.8, 4) is 0 Å². The fourth-order valence-corrected chi connectivity index (χ4v) is 4.93. The molecule has 4 rings (SSSR count). The lowest BCUT2D eigenvalue weighted by Gasteiger charge is -2.36. The first-order valence-electron chi connectivity index (χ1n) is 12.5. The van der Waals surface area contributed by atoms with E-state index < -0.39 is 11.2 Å². The zero-order valence-electron chi connectivity index (χ0n) is 20.8. The van der Waals surface area contributed by atoms with E-state index in [4.69, 9.17) is 4.74 Å². The van der Waals surface area contributed by atoms with Crippen LogP contribution in [0.1, 0.15) is 62.5 Å². The highest BCUT2D eigenvalue weighted by Crippen LogP contribution is 2.25. The van der Waals surface area contributed by atoms with Gasteiger partial charge in [0.15, 0.2) is 5.65 Å². The summed E-state index contributed by atoms with van der Waals surface area (Å²) >= 11 is 0. The number of fused-ring (bicyclic) bond motifs is 1. The summed E-state index contributed by atoms with van der Waals surface area (Å²) in [6.07, 6.45) is 1.88. The highest BCUT2D eigenvalue weighted by atomic mass is 16.5. The molecule has 0 unspecified atom stereocenters. The summed E-state index contributed by atoms with van der Waals surface area (Å²) in [6.45, 7) is 14.3. The second-order valence-corrected chi connectivity index (χ2v) is 10.4. The van der Waals surface area contributed by atoms with Crippen LogP contribution in [0.5, 0.6) is 0 Å². The van der Waals surface area contributed by atoms with Crippen LogP contribution in [0.15, 0.2) is 15.7 Å². The van der Waals surface area contributed by atoms with Crippen LogP contribution in [0.3, 0.4) is 0 Å². The maximum atomic E-state index is 13.7. The van der Waals surface area contributed by atoms with E-state index in [1.54, 1.807) is 6.07 Å². The summed E-state index contributed by atoms with van der Waals surface area (Å²) in [5.74, 6) is 0.639. The third-order valence-electron chi connectivity index (χ3n) is 6.86. The molecule has 2 aromatic heterocycles. The second kappa shape index (κ2) is 10.4. The summed E-state index contributed by atoms with van der Waals surface area (Å²) in [5, 5.41) is 0.213. The molecule has 2 saturated heterocycles. The number of hydrogen-bond donors (Lipinski definition) is 1. The quantitative estimate of drug-likeness (QED) is 0.692. The maximum Gasteiger partial charge on any atom is 0.330 e. The first-order chi connectivity index (χ1) is 16.2. The van der Waals surface area contributed by atoms with E-state index in [2.05, 4.69) is 14.9 Å². The number of aromatic nitrogens is 3. The molecule has 34 heavy (non-hydrogen) atoms. The van der Waals surface area contributed by atoms with Crippen molar-refractivity contribution in [3.63, 3.8) is 0 Å². The highest BCUT2D eigenvalue weighted by molar-refractivity contribution is 6.05. The second-order valence-electron chi connectivity index (χ2n) is 10.4. The van der Waals surface area contributed by atoms with Gasteiger partial charge >= 0.3 is 5.69 Å². The molecule has 4 heterocycles. The van der Waals surface area contributed by atoms with Gasteiger partial charge in [-0.25, -0.2) is 9.78 Å². The molecule has 0 aromatic carbocycles. The standard InChI is InChI=1S/C25H37N5O4/c1-16(2)14-30-22-21(23(31)27-25(30)33)19(13-20(26-22)17(3)4)24(32)29-7-5-18(6-8-29)15-28-9-11-34-12-10-28/h13,16-18H,5-12,14-15H2,1-4H3,(H,27,31,33). The molecule has 0 radical (unpaired) electrons. The molecule has 2 aliphatic heterocycles. The predicted molar refractivity (Wildman–Crippen MR) is 131 cm³/mol. The van der Waals surface area contributed by atoms with Crippen LogP contribution in [-0.2, 0) is 11.3 Å². The summed E-state index contributed by atoms with van der Waals surface area (Å²) in [4.78, 5) is 50.6. The molecule has 186 valence electrons. The Kier molecular flexibility index (Phi) is 7.52. The fraction of sp³-hybridized carbons (Fsp3) is 0.680. The monoisotopic (exact) mass is 471 g/mol. The first-order valence-corrected chi connectivity index (χ1v) is 12.5. The number of nitrogens with one attached hydrogen (secondary N) is 1. The Morgan fingerprint density at radius 2 is 1.79 bits per heavy atom. The number of aromatic amines is 1. The molecule has 1 N–H and O–H groups in total. The lowest BCUT2D eigenvalue weighted by Crippen LogP contribution is -2.44. The fourth-order valence-electron chi connectivity index (χ4n) is 4.93. The van der Waals surface area contributed by atoms with Gasteiger partial charge in [-0.2, -0.15) is 0 Å². The summed E-state index contributed by atoms with van der Waals surface area (Å²) in [6, 6.07) is 1.74. The number of ether oxygens (including phenoxy) is 1. The minimum Gasteiger partial charge on any atom is -0.379 e. The van der Waals surface area contributed by atoms with Gasteiger partial charge in [-0.05, 0) is 36.7 Å². The van der Waals surface area contributed by atoms with Crippen LogP contribution < -0.4 is 11.2 Å². The molecule has 2 fully saturated rings. The molecule has 9 heteroatoms. The minimum absolute atomic E-state index is 0.0529. The van der Waals surface area contributed by atoms with Gasteiger partial charge in [0.25, 0.3) is 11.5 Å².